The van der Waals surface area contributed by atoms with Crippen molar-refractivity contribution in [3.8, 4) is 5.75 Å². The third kappa shape index (κ3) is 3.22. The topological polar surface area (TPSA) is 43.3 Å². The van der Waals surface area contributed by atoms with Crippen LogP contribution in [0.2, 0.25) is 0 Å². The number of Topliss-reactive ketones (excluding diaryl/α,β-unsaturated/α-hetero) is 1. The summed E-state index contributed by atoms with van der Waals surface area (Å²) in [6.45, 7) is 2.75. The van der Waals surface area contributed by atoms with E-state index in [1.54, 1.807) is 0 Å². The van der Waals surface area contributed by atoms with Crippen molar-refractivity contribution in [2.24, 2.45) is 0 Å². The average molecular weight is 399 g/mol. The fourth-order valence-corrected chi connectivity index (χ4v) is 3.86. The number of aromatic nitrogens is 1. The van der Waals surface area contributed by atoms with Crippen LogP contribution in [-0.2, 0) is 13.0 Å². The number of carbonyl (C=O) groups excluding carboxylic acids is 1. The van der Waals surface area contributed by atoms with E-state index < -0.39 is 0 Å². The molecule has 0 amide bonds. The minimum atomic E-state index is 0.0341. The summed E-state index contributed by atoms with van der Waals surface area (Å²) in [6.07, 6.45) is 0.854. The fourth-order valence-electron chi connectivity index (χ4n) is 3.48. The molecule has 1 aliphatic heterocycles. The van der Waals surface area contributed by atoms with E-state index in [2.05, 4.69) is 31.9 Å². The molecule has 1 aromatic heterocycles. The molecule has 0 bridgehead atoms. The van der Waals surface area contributed by atoms with Crippen LogP contribution < -0.4 is 10.1 Å². The lowest BCUT2D eigenvalue weighted by molar-refractivity contribution is 0.0922. The zero-order valence-corrected chi connectivity index (χ0v) is 15.4. The van der Waals surface area contributed by atoms with E-state index in [0.717, 1.165) is 52.7 Å². The van der Waals surface area contributed by atoms with E-state index >= 15 is 0 Å². The van der Waals surface area contributed by atoms with Gasteiger partial charge in [0.25, 0.3) is 0 Å². The Kier molecular flexibility index (Phi) is 4.59. The second-order valence-corrected chi connectivity index (χ2v) is 7.08. The van der Waals surface area contributed by atoms with E-state index in [1.807, 2.05) is 42.5 Å². The highest BCUT2D eigenvalue weighted by molar-refractivity contribution is 9.10. The van der Waals surface area contributed by atoms with Crippen molar-refractivity contribution in [3.05, 3.63) is 64.3 Å². The minimum absolute atomic E-state index is 0.0341. The zero-order valence-electron chi connectivity index (χ0n) is 13.8. The largest absolute Gasteiger partial charge is 0.485 e. The van der Waals surface area contributed by atoms with Crippen LogP contribution in [-0.4, -0.2) is 30.0 Å². The van der Waals surface area contributed by atoms with Gasteiger partial charge in [-0.1, -0.05) is 40.2 Å². The SMILES string of the molecule is O=C(COc1cccc(Br)c1)c1c2n(c3ccccc13)CCNCC2. The van der Waals surface area contributed by atoms with Gasteiger partial charge >= 0.3 is 0 Å². The number of hydrogen-bond acceptors (Lipinski definition) is 3. The fraction of sp³-hybridized carbons (Fsp3) is 0.250. The Bertz CT molecular complexity index is 933. The number of hydrogen-bond donors (Lipinski definition) is 1. The smallest absolute Gasteiger partial charge is 0.202 e. The van der Waals surface area contributed by atoms with Crippen LogP contribution in [0.3, 0.4) is 0 Å². The van der Waals surface area contributed by atoms with Crippen LogP contribution >= 0.6 is 15.9 Å². The highest BCUT2D eigenvalue weighted by Gasteiger charge is 2.23. The molecule has 2 aromatic carbocycles. The Morgan fingerprint density at radius 3 is 2.92 bits per heavy atom. The Labute approximate surface area is 154 Å². The predicted molar refractivity (Wildman–Crippen MR) is 102 cm³/mol. The normalized spacial score (nSPS) is 14.1. The molecular weight excluding hydrogens is 380 g/mol. The van der Waals surface area contributed by atoms with Gasteiger partial charge in [0, 0.05) is 47.1 Å². The maximum absolute atomic E-state index is 13.0. The molecule has 1 N–H and O–H groups in total. The Hall–Kier alpha value is -2.11. The second-order valence-electron chi connectivity index (χ2n) is 6.16. The molecule has 4 nitrogen and oxygen atoms in total. The summed E-state index contributed by atoms with van der Waals surface area (Å²) in [4.78, 5) is 13.0. The van der Waals surface area contributed by atoms with Gasteiger partial charge in [0.1, 0.15) is 5.75 Å². The number of ketones is 1. The Balaban J connectivity index is 1.68. The molecule has 128 valence electrons. The molecule has 5 heteroatoms. The molecule has 0 radical (unpaired) electrons. The summed E-state index contributed by atoms with van der Waals surface area (Å²) in [5.41, 5.74) is 3.07. The van der Waals surface area contributed by atoms with Crippen LogP contribution in [0.15, 0.2) is 53.0 Å². The van der Waals surface area contributed by atoms with E-state index in [1.165, 1.54) is 0 Å². The lowest BCUT2D eigenvalue weighted by Gasteiger charge is -2.08. The third-order valence-corrected chi connectivity index (χ3v) is 5.07. The number of benzene rings is 2. The molecular formula is C20H19BrN2O2. The van der Waals surface area contributed by atoms with Crippen molar-refractivity contribution in [1.29, 1.82) is 0 Å². The van der Waals surface area contributed by atoms with Gasteiger partial charge in [-0.15, -0.1) is 0 Å². The molecule has 2 heterocycles. The molecule has 0 atom stereocenters. The second kappa shape index (κ2) is 7.02. The molecule has 0 aliphatic carbocycles. The number of fused-ring (bicyclic) bond motifs is 3. The molecule has 4 rings (SSSR count). The number of nitrogens with zero attached hydrogens (tertiary/aromatic N) is 1. The van der Waals surface area contributed by atoms with Crippen molar-refractivity contribution in [3.63, 3.8) is 0 Å². The summed E-state index contributed by atoms with van der Waals surface area (Å²) in [5, 5.41) is 4.44. The minimum Gasteiger partial charge on any atom is -0.485 e. The summed E-state index contributed by atoms with van der Waals surface area (Å²) in [5.74, 6) is 0.728. The summed E-state index contributed by atoms with van der Waals surface area (Å²) in [7, 11) is 0. The zero-order chi connectivity index (χ0) is 17.2. The summed E-state index contributed by atoms with van der Waals surface area (Å²) in [6, 6.07) is 15.7. The van der Waals surface area contributed by atoms with Gasteiger partial charge in [-0.05, 0) is 24.3 Å². The molecule has 3 aromatic rings. The number of halogens is 1. The molecule has 0 fully saturated rings. The van der Waals surface area contributed by atoms with Crippen molar-refractivity contribution >= 4 is 32.6 Å². The number of ether oxygens (including phenoxy) is 1. The lowest BCUT2D eigenvalue weighted by Crippen LogP contribution is -2.17. The first kappa shape index (κ1) is 16.4. The average Bonchev–Trinajstić information content (AvgIpc) is 2.77. The number of para-hydroxylation sites is 1. The molecule has 0 spiro atoms. The standard InChI is InChI=1S/C20H19BrN2O2/c21-14-4-3-5-15(12-14)25-13-19(24)20-16-6-1-2-7-17(16)23-11-10-22-9-8-18(20)23/h1-7,12,22H,8-11,13H2. The van der Waals surface area contributed by atoms with Crippen molar-refractivity contribution in [1.82, 2.24) is 9.88 Å². The van der Waals surface area contributed by atoms with Crippen LogP contribution in [0.1, 0.15) is 16.1 Å². The van der Waals surface area contributed by atoms with E-state index in [4.69, 9.17) is 4.74 Å². The lowest BCUT2D eigenvalue weighted by atomic mass is 10.1. The highest BCUT2D eigenvalue weighted by Crippen LogP contribution is 2.28. The summed E-state index contributed by atoms with van der Waals surface area (Å²) < 4.78 is 8.96. The predicted octanol–water partition coefficient (Wildman–Crippen LogP) is 3.81. The van der Waals surface area contributed by atoms with Crippen molar-refractivity contribution < 1.29 is 9.53 Å². The maximum atomic E-state index is 13.0. The molecule has 0 saturated carbocycles. The molecule has 25 heavy (non-hydrogen) atoms. The summed E-state index contributed by atoms with van der Waals surface area (Å²) >= 11 is 3.42. The van der Waals surface area contributed by atoms with Gasteiger partial charge in [-0.3, -0.25) is 4.79 Å². The third-order valence-electron chi connectivity index (χ3n) is 4.57. The number of carbonyl (C=O) groups is 1. The quantitative estimate of drug-likeness (QED) is 0.679. The first-order valence-corrected chi connectivity index (χ1v) is 9.26. The van der Waals surface area contributed by atoms with Gasteiger partial charge in [-0.2, -0.15) is 0 Å². The van der Waals surface area contributed by atoms with E-state index in [-0.39, 0.29) is 12.4 Å². The van der Waals surface area contributed by atoms with Gasteiger partial charge in [-0.25, -0.2) is 0 Å². The van der Waals surface area contributed by atoms with Crippen molar-refractivity contribution in [2.75, 3.05) is 19.7 Å². The van der Waals surface area contributed by atoms with Crippen LogP contribution in [0, 0.1) is 0 Å². The number of rotatable bonds is 4. The van der Waals surface area contributed by atoms with E-state index in [0.29, 0.717) is 5.75 Å². The maximum Gasteiger partial charge on any atom is 0.202 e. The van der Waals surface area contributed by atoms with Crippen LogP contribution in [0.25, 0.3) is 10.9 Å². The molecule has 0 unspecified atom stereocenters. The van der Waals surface area contributed by atoms with Crippen LogP contribution in [0.5, 0.6) is 5.75 Å². The Morgan fingerprint density at radius 1 is 1.16 bits per heavy atom. The van der Waals surface area contributed by atoms with Crippen molar-refractivity contribution in [2.45, 2.75) is 13.0 Å². The molecule has 1 aliphatic rings. The van der Waals surface area contributed by atoms with E-state index in [9.17, 15) is 4.79 Å². The number of nitrogens with one attached hydrogen (secondary N) is 1. The highest BCUT2D eigenvalue weighted by atomic mass is 79.9. The van der Waals surface area contributed by atoms with Gasteiger partial charge in [0.05, 0.1) is 5.56 Å². The van der Waals surface area contributed by atoms with Gasteiger partial charge in [0.2, 0.25) is 5.78 Å². The van der Waals surface area contributed by atoms with Crippen LogP contribution in [0.4, 0.5) is 0 Å². The first-order chi connectivity index (χ1) is 12.2. The Morgan fingerprint density at radius 2 is 2.04 bits per heavy atom. The monoisotopic (exact) mass is 398 g/mol. The van der Waals surface area contributed by atoms with Gasteiger partial charge < -0.3 is 14.6 Å². The van der Waals surface area contributed by atoms with Gasteiger partial charge in [0.15, 0.2) is 6.61 Å². The molecule has 0 saturated heterocycles. The first-order valence-electron chi connectivity index (χ1n) is 8.46.